The predicted octanol–water partition coefficient (Wildman–Crippen LogP) is 2.97. The van der Waals surface area contributed by atoms with E-state index in [-0.39, 0.29) is 17.2 Å². The molecule has 33 heavy (non-hydrogen) atoms. The van der Waals surface area contributed by atoms with E-state index in [1.165, 1.54) is 16.3 Å². The van der Waals surface area contributed by atoms with Gasteiger partial charge < -0.3 is 10.2 Å². The quantitative estimate of drug-likeness (QED) is 0.222. The maximum atomic E-state index is 12.9. The number of aromatic nitrogens is 4. The summed E-state index contributed by atoms with van der Waals surface area (Å²) in [5.41, 5.74) is 1.73. The zero-order valence-corrected chi connectivity index (χ0v) is 19.3. The number of thioether (sulfide) groups is 1. The lowest BCUT2D eigenvalue weighted by Gasteiger charge is -2.19. The van der Waals surface area contributed by atoms with Crippen LogP contribution in [0.4, 0.5) is 5.69 Å². The molecule has 0 aliphatic heterocycles. The van der Waals surface area contributed by atoms with E-state index in [0.29, 0.717) is 29.4 Å². The maximum absolute atomic E-state index is 12.9. The highest BCUT2D eigenvalue weighted by atomic mass is 32.2. The van der Waals surface area contributed by atoms with Crippen molar-refractivity contribution in [1.29, 1.82) is 0 Å². The lowest BCUT2D eigenvalue weighted by molar-refractivity contribution is -0.118. The Morgan fingerprint density at radius 2 is 1.91 bits per heavy atom. The average molecular weight is 463 g/mol. The standard InChI is InChI=1S/C24H26N6O2S/c1-3-15-29-22(32)19-12-7-8-13-20(19)30-23(29)26-27-24(30)33-17-21(31)25-14-9-16-28(2)18-10-5-4-6-11-18/h3-8,10-13H,1,9,14-17H2,2H3,(H,25,31). The van der Waals surface area contributed by atoms with E-state index in [2.05, 4.69) is 39.1 Å². The summed E-state index contributed by atoms with van der Waals surface area (Å²) >= 11 is 1.30. The van der Waals surface area contributed by atoms with Crippen LogP contribution in [-0.4, -0.2) is 51.0 Å². The van der Waals surface area contributed by atoms with Gasteiger partial charge in [0, 0.05) is 32.4 Å². The van der Waals surface area contributed by atoms with Gasteiger partial charge in [-0.3, -0.25) is 18.6 Å². The molecule has 2 heterocycles. The van der Waals surface area contributed by atoms with Crippen molar-refractivity contribution >= 4 is 40.0 Å². The van der Waals surface area contributed by atoms with Gasteiger partial charge in [-0.25, -0.2) is 0 Å². The van der Waals surface area contributed by atoms with Crippen LogP contribution in [0.1, 0.15) is 6.42 Å². The second-order valence-corrected chi connectivity index (χ2v) is 8.53. The fourth-order valence-corrected chi connectivity index (χ4v) is 4.43. The Morgan fingerprint density at radius 1 is 1.15 bits per heavy atom. The van der Waals surface area contributed by atoms with E-state index in [1.54, 1.807) is 12.1 Å². The molecule has 2 aromatic carbocycles. The van der Waals surface area contributed by atoms with Crippen molar-refractivity contribution in [3.63, 3.8) is 0 Å². The van der Waals surface area contributed by atoms with E-state index in [9.17, 15) is 9.59 Å². The molecule has 0 unspecified atom stereocenters. The number of carbonyl (C=O) groups excluding carboxylic acids is 1. The Balaban J connectivity index is 1.40. The Morgan fingerprint density at radius 3 is 2.70 bits per heavy atom. The summed E-state index contributed by atoms with van der Waals surface area (Å²) in [6.07, 6.45) is 2.49. The van der Waals surface area contributed by atoms with Gasteiger partial charge in [-0.05, 0) is 30.7 Å². The number of fused-ring (bicyclic) bond motifs is 3. The predicted molar refractivity (Wildman–Crippen MR) is 133 cm³/mol. The molecule has 0 atom stereocenters. The molecule has 1 N–H and O–H groups in total. The molecule has 0 bridgehead atoms. The van der Waals surface area contributed by atoms with Crippen molar-refractivity contribution in [2.24, 2.45) is 0 Å². The summed E-state index contributed by atoms with van der Waals surface area (Å²) in [6, 6.07) is 17.5. The lowest BCUT2D eigenvalue weighted by atomic mass is 10.2. The van der Waals surface area contributed by atoms with Crippen molar-refractivity contribution in [1.82, 2.24) is 24.5 Å². The first-order chi connectivity index (χ1) is 16.1. The van der Waals surface area contributed by atoms with Crippen LogP contribution in [0.2, 0.25) is 0 Å². The van der Waals surface area contributed by atoms with Gasteiger partial charge in [-0.15, -0.1) is 16.8 Å². The maximum Gasteiger partial charge on any atom is 0.263 e. The summed E-state index contributed by atoms with van der Waals surface area (Å²) in [4.78, 5) is 27.4. The summed E-state index contributed by atoms with van der Waals surface area (Å²) < 4.78 is 3.36. The number of allylic oxidation sites excluding steroid dienone is 1. The third-order valence-electron chi connectivity index (χ3n) is 5.31. The normalized spacial score (nSPS) is 11.1. The van der Waals surface area contributed by atoms with E-state index in [0.717, 1.165) is 24.2 Å². The number of rotatable bonds is 10. The Bertz CT molecular complexity index is 1330. The zero-order valence-electron chi connectivity index (χ0n) is 18.5. The van der Waals surface area contributed by atoms with E-state index in [1.807, 2.05) is 47.8 Å². The van der Waals surface area contributed by atoms with E-state index in [4.69, 9.17) is 0 Å². The molecule has 1 amide bonds. The Hall–Kier alpha value is -3.59. The smallest absolute Gasteiger partial charge is 0.263 e. The fourth-order valence-electron chi connectivity index (χ4n) is 3.66. The summed E-state index contributed by atoms with van der Waals surface area (Å²) in [6.45, 7) is 5.51. The largest absolute Gasteiger partial charge is 0.375 e. The Kier molecular flexibility index (Phi) is 7.09. The van der Waals surface area contributed by atoms with E-state index >= 15 is 0 Å². The number of hydrogen-bond donors (Lipinski definition) is 1. The molecule has 0 saturated carbocycles. The summed E-state index contributed by atoms with van der Waals surface area (Å²) in [5.74, 6) is 0.581. The number of amides is 1. The number of nitrogens with zero attached hydrogens (tertiary/aromatic N) is 5. The van der Waals surface area contributed by atoms with Gasteiger partial charge in [0.05, 0.1) is 16.7 Å². The first kappa shape index (κ1) is 22.6. The van der Waals surface area contributed by atoms with Crippen LogP contribution in [0.5, 0.6) is 0 Å². The minimum Gasteiger partial charge on any atom is -0.375 e. The van der Waals surface area contributed by atoms with Gasteiger partial charge in [0.25, 0.3) is 5.56 Å². The third-order valence-corrected chi connectivity index (χ3v) is 6.24. The van der Waals surface area contributed by atoms with Gasteiger partial charge in [-0.1, -0.05) is 48.2 Å². The molecule has 0 aliphatic rings. The fraction of sp³-hybridized carbons (Fsp3) is 0.250. The second kappa shape index (κ2) is 10.4. The summed E-state index contributed by atoms with van der Waals surface area (Å²) in [5, 5.41) is 12.6. The highest BCUT2D eigenvalue weighted by Gasteiger charge is 2.17. The second-order valence-electron chi connectivity index (χ2n) is 7.59. The number of nitrogens with one attached hydrogen (secondary N) is 1. The minimum absolute atomic E-state index is 0.0668. The summed E-state index contributed by atoms with van der Waals surface area (Å²) in [7, 11) is 2.04. The van der Waals surface area contributed by atoms with Crippen molar-refractivity contribution in [2.75, 3.05) is 30.8 Å². The van der Waals surface area contributed by atoms with Crippen LogP contribution in [-0.2, 0) is 11.3 Å². The molecule has 9 heteroatoms. The number of para-hydroxylation sites is 2. The number of hydrogen-bond acceptors (Lipinski definition) is 6. The molecule has 4 aromatic rings. The average Bonchev–Trinajstić information content (AvgIpc) is 3.27. The van der Waals surface area contributed by atoms with Crippen LogP contribution in [0.3, 0.4) is 0 Å². The van der Waals surface area contributed by atoms with Gasteiger partial charge in [0.15, 0.2) is 5.16 Å². The van der Waals surface area contributed by atoms with Crippen LogP contribution in [0.25, 0.3) is 16.7 Å². The van der Waals surface area contributed by atoms with Gasteiger partial charge in [0.2, 0.25) is 11.7 Å². The molecule has 0 spiro atoms. The van der Waals surface area contributed by atoms with Gasteiger partial charge in [-0.2, -0.15) is 0 Å². The molecule has 2 aromatic heterocycles. The zero-order chi connectivity index (χ0) is 23.2. The van der Waals surface area contributed by atoms with Crippen molar-refractivity contribution in [3.05, 3.63) is 77.6 Å². The first-order valence-electron chi connectivity index (χ1n) is 10.7. The van der Waals surface area contributed by atoms with Crippen LogP contribution >= 0.6 is 11.8 Å². The van der Waals surface area contributed by atoms with Crippen LogP contribution in [0, 0.1) is 0 Å². The Labute approximate surface area is 195 Å². The third kappa shape index (κ3) is 4.93. The molecule has 8 nitrogen and oxygen atoms in total. The molecular weight excluding hydrogens is 436 g/mol. The van der Waals surface area contributed by atoms with Crippen molar-refractivity contribution in [3.8, 4) is 0 Å². The SMILES string of the molecule is C=CCn1c(=O)c2ccccc2n2c(SCC(=O)NCCCN(C)c3ccccc3)nnc12. The molecular formula is C24H26N6O2S. The molecule has 4 rings (SSSR count). The van der Waals surface area contributed by atoms with Gasteiger partial charge >= 0.3 is 0 Å². The number of benzene rings is 2. The number of carbonyl (C=O) groups is 1. The highest BCUT2D eigenvalue weighted by Crippen LogP contribution is 2.21. The van der Waals surface area contributed by atoms with Gasteiger partial charge in [0.1, 0.15) is 0 Å². The van der Waals surface area contributed by atoms with Crippen LogP contribution < -0.4 is 15.8 Å². The molecule has 0 saturated heterocycles. The van der Waals surface area contributed by atoms with Crippen molar-refractivity contribution < 1.29 is 4.79 Å². The van der Waals surface area contributed by atoms with E-state index < -0.39 is 0 Å². The van der Waals surface area contributed by atoms with Crippen molar-refractivity contribution in [2.45, 2.75) is 18.1 Å². The minimum atomic E-state index is -0.139. The molecule has 0 radical (unpaired) electrons. The first-order valence-corrected chi connectivity index (χ1v) is 11.7. The highest BCUT2D eigenvalue weighted by molar-refractivity contribution is 7.99. The monoisotopic (exact) mass is 462 g/mol. The molecule has 0 aliphatic carbocycles. The topological polar surface area (TPSA) is 84.5 Å². The molecule has 0 fully saturated rings. The number of anilines is 1. The van der Waals surface area contributed by atoms with Crippen LogP contribution in [0.15, 0.2) is 77.2 Å². The molecule has 170 valence electrons. The lowest BCUT2D eigenvalue weighted by Crippen LogP contribution is -2.29.